The Labute approximate surface area is 202 Å². The lowest BCUT2D eigenvalue weighted by atomic mass is 9.96. The van der Waals surface area contributed by atoms with Crippen molar-refractivity contribution in [3.05, 3.63) is 82.4 Å². The highest BCUT2D eigenvalue weighted by atomic mass is 32.1. The molecule has 1 saturated heterocycles. The fourth-order valence-corrected chi connectivity index (χ4v) is 5.45. The van der Waals surface area contributed by atoms with Gasteiger partial charge in [-0.1, -0.05) is 31.2 Å². The molecule has 1 aliphatic rings. The summed E-state index contributed by atoms with van der Waals surface area (Å²) in [5, 5.41) is 4.35. The molecule has 0 aliphatic carbocycles. The van der Waals surface area contributed by atoms with Gasteiger partial charge in [-0.15, -0.1) is 0 Å². The second kappa shape index (κ2) is 10.1. The predicted octanol–water partition coefficient (Wildman–Crippen LogP) is 5.37. The number of hydrogen-bond donors (Lipinski definition) is 1. The number of aryl methyl sites for hydroxylation is 3. The highest BCUT2D eigenvalue weighted by Crippen LogP contribution is 2.41. The van der Waals surface area contributed by atoms with E-state index in [0.717, 1.165) is 30.2 Å². The molecule has 0 radical (unpaired) electrons. The summed E-state index contributed by atoms with van der Waals surface area (Å²) in [4.78, 5) is 7.00. The summed E-state index contributed by atoms with van der Waals surface area (Å²) in [7, 11) is 1.75. The Balaban J connectivity index is 1.84. The summed E-state index contributed by atoms with van der Waals surface area (Å²) in [6.07, 6.45) is 3.77. The van der Waals surface area contributed by atoms with E-state index >= 15 is 0 Å². The molecule has 0 amide bonds. The van der Waals surface area contributed by atoms with Crippen LogP contribution in [0.4, 0.5) is 0 Å². The Morgan fingerprint density at radius 3 is 2.64 bits per heavy atom. The molecule has 3 heterocycles. The summed E-state index contributed by atoms with van der Waals surface area (Å²) in [6, 6.07) is 15.1. The maximum absolute atomic E-state index is 5.82. The van der Waals surface area contributed by atoms with Crippen LogP contribution in [0.5, 0.6) is 0 Å². The van der Waals surface area contributed by atoms with Crippen molar-refractivity contribution in [1.29, 1.82) is 0 Å². The van der Waals surface area contributed by atoms with Gasteiger partial charge in [0.1, 0.15) is 0 Å². The fraction of sp³-hybridized carbons (Fsp3) is 0.407. The molecule has 0 bridgehead atoms. The third kappa shape index (κ3) is 4.42. The lowest BCUT2D eigenvalue weighted by molar-refractivity contribution is 0.180. The molecular weight excluding hydrogens is 428 g/mol. The molecule has 1 fully saturated rings. The Hall–Kier alpha value is -2.70. The van der Waals surface area contributed by atoms with Crippen LogP contribution >= 0.6 is 12.2 Å². The third-order valence-corrected chi connectivity index (χ3v) is 7.01. The highest BCUT2D eigenvalue weighted by molar-refractivity contribution is 7.80. The van der Waals surface area contributed by atoms with Gasteiger partial charge in [0.15, 0.2) is 5.11 Å². The number of pyridine rings is 1. The van der Waals surface area contributed by atoms with Crippen LogP contribution in [0.2, 0.25) is 0 Å². The van der Waals surface area contributed by atoms with Crippen molar-refractivity contribution < 1.29 is 4.74 Å². The van der Waals surface area contributed by atoms with Crippen molar-refractivity contribution >= 4 is 17.3 Å². The SMILES string of the molecule is CCc1cccc(C)c1-n1c(C)cc([C@H]2[C@@H](c3ccccn3)NC(=S)N2CCCOC)c1C. The number of aromatic nitrogens is 2. The largest absolute Gasteiger partial charge is 0.385 e. The minimum Gasteiger partial charge on any atom is -0.385 e. The zero-order valence-corrected chi connectivity index (χ0v) is 21.1. The highest BCUT2D eigenvalue weighted by Gasteiger charge is 2.41. The number of hydrogen-bond acceptors (Lipinski definition) is 3. The molecule has 3 aromatic rings. The normalized spacial score (nSPS) is 18.1. The molecule has 1 aromatic carbocycles. The average molecular weight is 463 g/mol. The van der Waals surface area contributed by atoms with Gasteiger partial charge >= 0.3 is 0 Å². The molecule has 174 valence electrons. The maximum Gasteiger partial charge on any atom is 0.170 e. The fourth-order valence-electron chi connectivity index (χ4n) is 5.12. The first-order valence-electron chi connectivity index (χ1n) is 11.7. The number of nitrogens with one attached hydrogen (secondary N) is 1. The molecule has 1 aliphatic heterocycles. The first kappa shape index (κ1) is 23.5. The van der Waals surface area contributed by atoms with Crippen molar-refractivity contribution in [2.75, 3.05) is 20.3 Å². The van der Waals surface area contributed by atoms with Crippen LogP contribution in [0.3, 0.4) is 0 Å². The van der Waals surface area contributed by atoms with Crippen LogP contribution in [0.1, 0.15) is 59.2 Å². The zero-order valence-electron chi connectivity index (χ0n) is 20.3. The quantitative estimate of drug-likeness (QED) is 0.360. The molecule has 33 heavy (non-hydrogen) atoms. The van der Waals surface area contributed by atoms with Crippen LogP contribution in [-0.4, -0.2) is 39.8 Å². The van der Waals surface area contributed by atoms with Crippen molar-refractivity contribution in [1.82, 2.24) is 19.8 Å². The summed E-state index contributed by atoms with van der Waals surface area (Å²) in [5.74, 6) is 0. The van der Waals surface area contributed by atoms with Crippen molar-refractivity contribution in [3.63, 3.8) is 0 Å². The lowest BCUT2D eigenvalue weighted by Crippen LogP contribution is -2.31. The topological polar surface area (TPSA) is 42.3 Å². The lowest BCUT2D eigenvalue weighted by Gasteiger charge is -2.28. The number of thiocarbonyl (C=S) groups is 1. The number of ether oxygens (including phenoxy) is 1. The molecular formula is C27H34N4OS. The van der Waals surface area contributed by atoms with E-state index in [4.69, 9.17) is 17.0 Å². The summed E-state index contributed by atoms with van der Waals surface area (Å²) < 4.78 is 7.75. The standard InChI is InChI=1S/C27H34N4OS/c1-6-21-12-9-11-18(2)25(21)31-19(3)17-22(20(31)4)26-24(23-13-7-8-14-28-23)29-27(33)30(26)15-10-16-32-5/h7-9,11-14,17,24,26H,6,10,15-16H2,1-5H3,(H,29,33)/t24-,26+/m1/s1. The summed E-state index contributed by atoms with van der Waals surface area (Å²) >= 11 is 5.82. The van der Waals surface area contributed by atoms with E-state index in [0.29, 0.717) is 6.61 Å². The molecule has 5 nitrogen and oxygen atoms in total. The van der Waals surface area contributed by atoms with Crippen molar-refractivity contribution in [2.45, 2.75) is 52.6 Å². The van der Waals surface area contributed by atoms with Gasteiger partial charge < -0.3 is 19.5 Å². The van der Waals surface area contributed by atoms with Gasteiger partial charge in [0.2, 0.25) is 0 Å². The predicted molar refractivity (Wildman–Crippen MR) is 138 cm³/mol. The van der Waals surface area contributed by atoms with Gasteiger partial charge in [0.25, 0.3) is 0 Å². The minimum atomic E-state index is -0.00212. The maximum atomic E-state index is 5.82. The van der Waals surface area contributed by atoms with E-state index in [2.05, 4.69) is 77.8 Å². The van der Waals surface area contributed by atoms with E-state index in [-0.39, 0.29) is 12.1 Å². The molecule has 4 rings (SSSR count). The summed E-state index contributed by atoms with van der Waals surface area (Å²) in [5.41, 5.74) is 8.75. The van der Waals surface area contributed by atoms with Crippen LogP contribution < -0.4 is 5.32 Å². The molecule has 1 N–H and O–H groups in total. The Kier molecular flexibility index (Phi) is 7.15. The second-order valence-electron chi connectivity index (χ2n) is 8.76. The van der Waals surface area contributed by atoms with Crippen LogP contribution in [-0.2, 0) is 11.2 Å². The van der Waals surface area contributed by atoms with Crippen LogP contribution in [0.15, 0.2) is 48.7 Å². The molecule has 0 saturated carbocycles. The molecule has 6 heteroatoms. The molecule has 0 unspecified atom stereocenters. The number of methoxy groups -OCH3 is 1. The van der Waals surface area contributed by atoms with Gasteiger partial charge in [0, 0.05) is 37.8 Å². The van der Waals surface area contributed by atoms with E-state index in [1.807, 2.05) is 18.3 Å². The second-order valence-corrected chi connectivity index (χ2v) is 9.15. The van der Waals surface area contributed by atoms with Gasteiger partial charge in [-0.3, -0.25) is 4.98 Å². The van der Waals surface area contributed by atoms with E-state index < -0.39 is 0 Å². The Bertz CT molecular complexity index is 1120. The van der Waals surface area contributed by atoms with E-state index in [1.165, 1.54) is 33.8 Å². The minimum absolute atomic E-state index is 0.00212. The van der Waals surface area contributed by atoms with Gasteiger partial charge in [-0.05, 0) is 80.7 Å². The van der Waals surface area contributed by atoms with Crippen molar-refractivity contribution in [3.8, 4) is 5.69 Å². The molecule has 2 aromatic heterocycles. The number of para-hydroxylation sites is 1. The molecule has 0 spiro atoms. The Morgan fingerprint density at radius 1 is 1.12 bits per heavy atom. The third-order valence-electron chi connectivity index (χ3n) is 6.66. The van der Waals surface area contributed by atoms with Gasteiger partial charge in [0.05, 0.1) is 23.5 Å². The average Bonchev–Trinajstić information content (AvgIpc) is 3.29. The van der Waals surface area contributed by atoms with E-state index in [1.54, 1.807) is 7.11 Å². The number of rotatable bonds is 8. The van der Waals surface area contributed by atoms with Gasteiger partial charge in [-0.2, -0.15) is 0 Å². The number of benzene rings is 1. The van der Waals surface area contributed by atoms with Crippen molar-refractivity contribution in [2.24, 2.45) is 0 Å². The zero-order chi connectivity index (χ0) is 23.5. The van der Waals surface area contributed by atoms with Gasteiger partial charge in [-0.25, -0.2) is 0 Å². The summed E-state index contributed by atoms with van der Waals surface area (Å²) in [6.45, 7) is 10.4. The first-order chi connectivity index (χ1) is 16.0. The number of nitrogens with zero attached hydrogens (tertiary/aromatic N) is 3. The van der Waals surface area contributed by atoms with E-state index in [9.17, 15) is 0 Å². The van der Waals surface area contributed by atoms with Crippen LogP contribution in [0, 0.1) is 20.8 Å². The first-order valence-corrected chi connectivity index (χ1v) is 12.1. The Morgan fingerprint density at radius 2 is 1.94 bits per heavy atom. The van der Waals surface area contributed by atoms with Crippen LogP contribution in [0.25, 0.3) is 5.69 Å². The molecule has 2 atom stereocenters. The monoisotopic (exact) mass is 462 g/mol. The smallest absolute Gasteiger partial charge is 0.170 e.